The summed E-state index contributed by atoms with van der Waals surface area (Å²) in [6.07, 6.45) is 4.86. The molecule has 0 radical (unpaired) electrons. The Kier molecular flexibility index (Phi) is 6.62. The van der Waals surface area contributed by atoms with Crippen molar-refractivity contribution < 1.29 is 14.3 Å². The number of rotatable bonds is 7. The van der Waals surface area contributed by atoms with Gasteiger partial charge in [-0.3, -0.25) is 9.48 Å². The Morgan fingerprint density at radius 3 is 2.69 bits per heavy atom. The zero-order chi connectivity index (χ0) is 21.0. The van der Waals surface area contributed by atoms with Crippen LogP contribution in [0.2, 0.25) is 10.0 Å². The maximum atomic E-state index is 12.4. The average molecular weight is 431 g/mol. The van der Waals surface area contributed by atoms with Gasteiger partial charge in [-0.05, 0) is 42.8 Å². The van der Waals surface area contributed by atoms with Gasteiger partial charge in [-0.15, -0.1) is 0 Å². The zero-order valence-corrected chi connectivity index (χ0v) is 17.8. The number of allylic oxidation sites excluding steroid dienone is 1. The Balaban J connectivity index is 1.78. The number of carbonyl (C=O) groups excluding carboxylic acids is 1. The van der Waals surface area contributed by atoms with Crippen molar-refractivity contribution >= 4 is 35.1 Å². The lowest BCUT2D eigenvalue weighted by Crippen LogP contribution is -2.00. The molecule has 0 aliphatic rings. The topological polar surface area (TPSA) is 53.3 Å². The third kappa shape index (κ3) is 4.81. The molecule has 2 aromatic carbocycles. The molecule has 0 atom stereocenters. The normalized spacial score (nSPS) is 11.1. The molecule has 3 rings (SSSR count). The lowest BCUT2D eigenvalue weighted by molar-refractivity contribution is 0.104. The first-order valence-electron chi connectivity index (χ1n) is 8.85. The summed E-state index contributed by atoms with van der Waals surface area (Å²) in [6.45, 7) is 2.10. The molecule has 0 N–H and O–H groups in total. The number of methoxy groups -OCH3 is 1. The van der Waals surface area contributed by atoms with Crippen molar-refractivity contribution in [2.24, 2.45) is 7.05 Å². The monoisotopic (exact) mass is 430 g/mol. The summed E-state index contributed by atoms with van der Waals surface area (Å²) in [5.74, 6) is 1.06. The Morgan fingerprint density at radius 2 is 2.00 bits per heavy atom. The van der Waals surface area contributed by atoms with E-state index in [0.29, 0.717) is 27.1 Å². The van der Waals surface area contributed by atoms with Gasteiger partial charge >= 0.3 is 0 Å². The van der Waals surface area contributed by atoms with Crippen LogP contribution >= 0.6 is 23.2 Å². The van der Waals surface area contributed by atoms with Crippen LogP contribution in [0.5, 0.6) is 11.5 Å². The number of ether oxygens (including phenoxy) is 2. The van der Waals surface area contributed by atoms with Gasteiger partial charge < -0.3 is 9.47 Å². The minimum Gasteiger partial charge on any atom is -0.496 e. The Hall–Kier alpha value is -2.76. The van der Waals surface area contributed by atoms with E-state index < -0.39 is 0 Å². The average Bonchev–Trinajstić information content (AvgIpc) is 3.06. The van der Waals surface area contributed by atoms with Crippen LogP contribution in [-0.4, -0.2) is 22.7 Å². The van der Waals surface area contributed by atoms with Gasteiger partial charge in [-0.25, -0.2) is 0 Å². The molecule has 5 nitrogen and oxygen atoms in total. The van der Waals surface area contributed by atoms with Crippen molar-refractivity contribution in [1.82, 2.24) is 9.78 Å². The molecular formula is C22H20Cl2N2O3. The molecule has 0 fully saturated rings. The molecule has 7 heteroatoms. The highest BCUT2D eigenvalue weighted by molar-refractivity contribution is 6.42. The van der Waals surface area contributed by atoms with E-state index in [1.54, 1.807) is 49.3 Å². The van der Waals surface area contributed by atoms with Gasteiger partial charge in [0.1, 0.15) is 23.1 Å². The van der Waals surface area contributed by atoms with Crippen LogP contribution in [0.1, 0.15) is 27.2 Å². The van der Waals surface area contributed by atoms with Crippen molar-refractivity contribution in [2.45, 2.75) is 13.5 Å². The van der Waals surface area contributed by atoms with Gasteiger partial charge in [-0.2, -0.15) is 5.10 Å². The van der Waals surface area contributed by atoms with E-state index in [9.17, 15) is 4.79 Å². The van der Waals surface area contributed by atoms with E-state index in [1.807, 2.05) is 25.1 Å². The SMILES string of the molecule is COc1ccc(/C=C/C(=O)c2cnn(C)c2C)cc1COc1cccc(Cl)c1Cl. The van der Waals surface area contributed by atoms with Crippen LogP contribution in [0.4, 0.5) is 0 Å². The molecule has 0 aliphatic carbocycles. The number of hydrogen-bond donors (Lipinski definition) is 0. The van der Waals surface area contributed by atoms with Crippen molar-refractivity contribution in [2.75, 3.05) is 7.11 Å². The van der Waals surface area contributed by atoms with Gasteiger partial charge in [0.2, 0.25) is 0 Å². The van der Waals surface area contributed by atoms with E-state index in [1.165, 1.54) is 6.08 Å². The molecule has 0 bridgehead atoms. The Bertz CT molecular complexity index is 1070. The smallest absolute Gasteiger partial charge is 0.189 e. The molecule has 29 heavy (non-hydrogen) atoms. The third-order valence-corrected chi connectivity index (χ3v) is 5.33. The second-order valence-electron chi connectivity index (χ2n) is 6.38. The van der Waals surface area contributed by atoms with Crippen molar-refractivity contribution in [3.8, 4) is 11.5 Å². The minimum atomic E-state index is -0.102. The Morgan fingerprint density at radius 1 is 1.21 bits per heavy atom. The van der Waals surface area contributed by atoms with Gasteiger partial charge in [0.05, 0.1) is 23.9 Å². The highest BCUT2D eigenvalue weighted by atomic mass is 35.5. The minimum absolute atomic E-state index is 0.102. The number of halogens is 2. The molecule has 3 aromatic rings. The molecule has 0 spiro atoms. The van der Waals surface area contributed by atoms with E-state index in [0.717, 1.165) is 16.8 Å². The fourth-order valence-electron chi connectivity index (χ4n) is 2.77. The van der Waals surface area contributed by atoms with E-state index in [4.69, 9.17) is 32.7 Å². The summed E-state index contributed by atoms with van der Waals surface area (Å²) in [4.78, 5) is 12.4. The van der Waals surface area contributed by atoms with Crippen LogP contribution in [0.25, 0.3) is 6.08 Å². The molecule has 0 saturated carbocycles. The van der Waals surface area contributed by atoms with Crippen molar-refractivity contribution in [3.05, 3.63) is 81.1 Å². The fourth-order valence-corrected chi connectivity index (χ4v) is 3.11. The molecule has 1 heterocycles. The van der Waals surface area contributed by atoms with Gasteiger partial charge in [0, 0.05) is 18.3 Å². The highest BCUT2D eigenvalue weighted by Gasteiger charge is 2.11. The maximum Gasteiger partial charge on any atom is 0.189 e. The fraction of sp³-hybridized carbons (Fsp3) is 0.182. The summed E-state index contributed by atoms with van der Waals surface area (Å²) < 4.78 is 12.9. The molecule has 0 amide bonds. The molecule has 0 saturated heterocycles. The van der Waals surface area contributed by atoms with Crippen molar-refractivity contribution in [1.29, 1.82) is 0 Å². The lowest BCUT2D eigenvalue weighted by Gasteiger charge is -2.12. The van der Waals surface area contributed by atoms with E-state index in [-0.39, 0.29) is 12.4 Å². The lowest BCUT2D eigenvalue weighted by atomic mass is 10.1. The Labute approximate surface area is 179 Å². The predicted molar refractivity (Wildman–Crippen MR) is 115 cm³/mol. The molecule has 1 aromatic heterocycles. The van der Waals surface area contributed by atoms with Crippen LogP contribution in [0.3, 0.4) is 0 Å². The first-order chi connectivity index (χ1) is 13.9. The zero-order valence-electron chi connectivity index (χ0n) is 16.3. The van der Waals surface area contributed by atoms with E-state index in [2.05, 4.69) is 5.10 Å². The largest absolute Gasteiger partial charge is 0.496 e. The number of benzene rings is 2. The van der Waals surface area contributed by atoms with Gasteiger partial charge in [-0.1, -0.05) is 41.4 Å². The number of carbonyl (C=O) groups is 1. The summed E-state index contributed by atoms with van der Waals surface area (Å²) in [5, 5.41) is 4.89. The molecule has 0 aliphatic heterocycles. The highest BCUT2D eigenvalue weighted by Crippen LogP contribution is 2.32. The number of aryl methyl sites for hydroxylation is 1. The second kappa shape index (κ2) is 9.16. The predicted octanol–water partition coefficient (Wildman–Crippen LogP) is 5.52. The second-order valence-corrected chi connectivity index (χ2v) is 7.16. The molecule has 0 unspecified atom stereocenters. The van der Waals surface area contributed by atoms with Crippen molar-refractivity contribution in [3.63, 3.8) is 0 Å². The first-order valence-corrected chi connectivity index (χ1v) is 9.61. The van der Waals surface area contributed by atoms with E-state index >= 15 is 0 Å². The number of hydrogen-bond acceptors (Lipinski definition) is 4. The summed E-state index contributed by atoms with van der Waals surface area (Å²) in [5.41, 5.74) is 3.06. The van der Waals surface area contributed by atoms with Crippen LogP contribution in [0, 0.1) is 6.92 Å². The van der Waals surface area contributed by atoms with Crippen LogP contribution < -0.4 is 9.47 Å². The summed E-state index contributed by atoms with van der Waals surface area (Å²) in [6, 6.07) is 10.8. The van der Waals surface area contributed by atoms with Crippen LogP contribution in [0.15, 0.2) is 48.7 Å². The molecular weight excluding hydrogens is 411 g/mol. The number of nitrogens with zero attached hydrogens (tertiary/aromatic N) is 2. The summed E-state index contributed by atoms with van der Waals surface area (Å²) in [7, 11) is 3.40. The summed E-state index contributed by atoms with van der Waals surface area (Å²) >= 11 is 12.2. The van der Waals surface area contributed by atoms with Crippen LogP contribution in [-0.2, 0) is 13.7 Å². The van der Waals surface area contributed by atoms with Gasteiger partial charge in [0.25, 0.3) is 0 Å². The maximum absolute atomic E-state index is 12.4. The van der Waals surface area contributed by atoms with Gasteiger partial charge in [0.15, 0.2) is 5.78 Å². The quantitative estimate of drug-likeness (QED) is 0.365. The standard InChI is InChI=1S/C22H20Cl2N2O3/c1-14-17(12-25-26(14)2)19(27)9-7-15-8-10-20(28-3)16(11-15)13-29-21-6-4-5-18(23)22(21)24/h4-12H,13H2,1-3H3/b9-7+. The third-order valence-electron chi connectivity index (χ3n) is 4.53. The molecule has 150 valence electrons. The number of ketones is 1. The number of aromatic nitrogens is 2. The first kappa shape index (κ1) is 21.0.